The molecule has 0 atom stereocenters. The molecule has 0 heteroatoms. The van der Waals surface area contributed by atoms with Gasteiger partial charge in [0.2, 0.25) is 0 Å². The van der Waals surface area contributed by atoms with E-state index in [1.165, 1.54) is 17.6 Å². The summed E-state index contributed by atoms with van der Waals surface area (Å²) in [4.78, 5) is 0. The van der Waals surface area contributed by atoms with Crippen LogP contribution in [0.3, 0.4) is 0 Å². The van der Waals surface area contributed by atoms with Gasteiger partial charge in [-0.05, 0) is 34.1 Å². The van der Waals surface area contributed by atoms with E-state index < -0.39 is 0 Å². The minimum atomic E-state index is 1.20. The molecule has 0 radical (unpaired) electrons. The minimum absolute atomic E-state index is 1.20. The summed E-state index contributed by atoms with van der Waals surface area (Å²) in [6.07, 6.45) is 2.95. The SMILES string of the molecule is C=CC.CC.CC.CC.CC.CC.CC.CCC(C)=C(C)C. The summed E-state index contributed by atoms with van der Waals surface area (Å²) in [5.74, 6) is 0. The van der Waals surface area contributed by atoms with Gasteiger partial charge in [-0.2, -0.15) is 0 Å². The van der Waals surface area contributed by atoms with Crippen molar-refractivity contribution in [2.45, 2.75) is 124 Å². The minimum Gasteiger partial charge on any atom is -0.103 e. The van der Waals surface area contributed by atoms with Gasteiger partial charge in [-0.25, -0.2) is 0 Å². The van der Waals surface area contributed by atoms with Crippen LogP contribution in [0.25, 0.3) is 0 Å². The first-order chi connectivity index (χ1) is 10.6. The molecule has 0 unspecified atom stereocenters. The van der Waals surface area contributed by atoms with Crippen molar-refractivity contribution in [1.82, 2.24) is 0 Å². The highest BCUT2D eigenvalue weighted by Gasteiger charge is 1.82. The van der Waals surface area contributed by atoms with Crippen molar-refractivity contribution >= 4 is 0 Å². The van der Waals surface area contributed by atoms with Crippen LogP contribution in [-0.2, 0) is 0 Å². The maximum Gasteiger partial charge on any atom is -0.0349 e. The molecule has 0 aliphatic carbocycles. The van der Waals surface area contributed by atoms with Gasteiger partial charge in [0.1, 0.15) is 0 Å². The second-order valence-electron chi connectivity index (χ2n) is 2.54. The van der Waals surface area contributed by atoms with Gasteiger partial charge in [0.25, 0.3) is 0 Å². The molecule has 0 saturated heterocycles. The zero-order valence-electron chi connectivity index (χ0n) is 20.0. The van der Waals surface area contributed by atoms with Crippen molar-refractivity contribution in [3.05, 3.63) is 23.8 Å². The summed E-state index contributed by atoms with van der Waals surface area (Å²) >= 11 is 0. The van der Waals surface area contributed by atoms with Gasteiger partial charge < -0.3 is 0 Å². The molecule has 0 aromatic heterocycles. The average Bonchev–Trinajstić information content (AvgIpc) is 2.65. The molecule has 0 rings (SSSR count). The Morgan fingerprint density at radius 1 is 0.636 bits per heavy atom. The summed E-state index contributed by atoms with van der Waals surface area (Å²) in [6, 6.07) is 0. The molecule has 0 heterocycles. The van der Waals surface area contributed by atoms with Crippen molar-refractivity contribution in [1.29, 1.82) is 0 Å². The third kappa shape index (κ3) is 222. The summed E-state index contributed by atoms with van der Waals surface area (Å²) in [5, 5.41) is 0. The summed E-state index contributed by atoms with van der Waals surface area (Å²) in [5.41, 5.74) is 2.97. The van der Waals surface area contributed by atoms with E-state index in [0.717, 1.165) is 0 Å². The Balaban J connectivity index is -0.0000000188. The fraction of sp³-hybridized carbons (Fsp3) is 0.818. The van der Waals surface area contributed by atoms with E-state index in [9.17, 15) is 0 Å². The van der Waals surface area contributed by atoms with Crippen molar-refractivity contribution in [3.8, 4) is 0 Å². The third-order valence-corrected chi connectivity index (χ3v) is 1.38. The Kier molecular flexibility index (Phi) is 313. The van der Waals surface area contributed by atoms with E-state index in [-0.39, 0.29) is 0 Å². The van der Waals surface area contributed by atoms with Gasteiger partial charge in [-0.1, -0.05) is 107 Å². The quantitative estimate of drug-likeness (QED) is 0.421. The zero-order chi connectivity index (χ0) is 20.6. The monoisotopic (exact) mass is 320 g/mol. The lowest BCUT2D eigenvalue weighted by molar-refractivity contribution is 1.05. The molecule has 0 saturated carbocycles. The Morgan fingerprint density at radius 2 is 0.773 bits per heavy atom. The molecule has 0 aromatic rings. The summed E-state index contributed by atoms with van der Waals surface area (Å²) < 4.78 is 0. The van der Waals surface area contributed by atoms with E-state index in [1.807, 2.05) is 90.0 Å². The van der Waals surface area contributed by atoms with Gasteiger partial charge in [-0.3, -0.25) is 0 Å². The predicted octanol–water partition coefficient (Wildman–Crippen LogP) is 10.1. The first-order valence-corrected chi connectivity index (χ1v) is 9.80. The maximum atomic E-state index is 3.36. The van der Waals surface area contributed by atoms with E-state index in [2.05, 4.69) is 34.3 Å². The molecule has 22 heavy (non-hydrogen) atoms. The van der Waals surface area contributed by atoms with Crippen molar-refractivity contribution < 1.29 is 0 Å². The largest absolute Gasteiger partial charge is 0.103 e. The van der Waals surface area contributed by atoms with Crippen LogP contribution in [0.2, 0.25) is 0 Å². The number of rotatable bonds is 1. The first-order valence-electron chi connectivity index (χ1n) is 9.80. The Morgan fingerprint density at radius 3 is 0.773 bits per heavy atom. The van der Waals surface area contributed by atoms with Crippen LogP contribution in [0.4, 0.5) is 0 Å². The second kappa shape index (κ2) is 139. The molecule has 0 aliphatic heterocycles. The molecular weight excluding hydrogens is 264 g/mol. The van der Waals surface area contributed by atoms with Gasteiger partial charge in [0, 0.05) is 0 Å². The van der Waals surface area contributed by atoms with Crippen LogP contribution in [0.1, 0.15) is 124 Å². The maximum absolute atomic E-state index is 3.36. The molecule has 144 valence electrons. The van der Waals surface area contributed by atoms with Crippen LogP contribution in [0, 0.1) is 0 Å². The van der Waals surface area contributed by atoms with Gasteiger partial charge >= 0.3 is 0 Å². The smallest absolute Gasteiger partial charge is 0.0349 e. The Bertz CT molecular complexity index is 103. The topological polar surface area (TPSA) is 0 Å². The Labute approximate surface area is 148 Å². The van der Waals surface area contributed by atoms with Crippen LogP contribution in [-0.4, -0.2) is 0 Å². The lowest BCUT2D eigenvalue weighted by Gasteiger charge is -1.94. The third-order valence-electron chi connectivity index (χ3n) is 1.38. The molecule has 0 N–H and O–H groups in total. The van der Waals surface area contributed by atoms with Crippen molar-refractivity contribution in [3.63, 3.8) is 0 Å². The van der Waals surface area contributed by atoms with Crippen LogP contribution in [0.5, 0.6) is 0 Å². The van der Waals surface area contributed by atoms with Crippen LogP contribution < -0.4 is 0 Å². The fourth-order valence-electron chi connectivity index (χ4n) is 0.354. The highest BCUT2D eigenvalue weighted by Crippen LogP contribution is 2.04. The second-order valence-corrected chi connectivity index (χ2v) is 2.54. The molecule has 0 bridgehead atoms. The molecule has 0 spiro atoms. The lowest BCUT2D eigenvalue weighted by Crippen LogP contribution is -1.73. The van der Waals surface area contributed by atoms with Crippen molar-refractivity contribution in [2.75, 3.05) is 0 Å². The van der Waals surface area contributed by atoms with Crippen molar-refractivity contribution in [2.24, 2.45) is 0 Å². The highest BCUT2D eigenvalue weighted by molar-refractivity contribution is 5.05. The standard InChI is InChI=1S/C7H14.C3H6.6C2H6/c1-5-7(4)6(2)3;1-3-2;6*1-2/h5H2,1-4H3;3H,1H2,2H3;6*1-2H3. The Hall–Kier alpha value is -0.520. The average molecular weight is 321 g/mol. The number of allylic oxidation sites excluding steroid dienone is 3. The van der Waals surface area contributed by atoms with E-state index in [1.54, 1.807) is 6.08 Å². The normalized spacial score (nSPS) is 4.95. The van der Waals surface area contributed by atoms with Gasteiger partial charge in [-0.15, -0.1) is 6.58 Å². The summed E-state index contributed by atoms with van der Waals surface area (Å²) in [6.45, 7) is 37.9. The molecule has 0 nitrogen and oxygen atoms in total. The molecule has 0 aromatic carbocycles. The zero-order valence-corrected chi connectivity index (χ0v) is 20.0. The van der Waals surface area contributed by atoms with E-state index >= 15 is 0 Å². The van der Waals surface area contributed by atoms with Crippen LogP contribution >= 0.6 is 0 Å². The molecular formula is C22H56. The van der Waals surface area contributed by atoms with Crippen LogP contribution in [0.15, 0.2) is 23.8 Å². The molecule has 0 fully saturated rings. The van der Waals surface area contributed by atoms with E-state index in [4.69, 9.17) is 0 Å². The fourth-order valence-corrected chi connectivity index (χ4v) is 0.354. The van der Waals surface area contributed by atoms with E-state index in [0.29, 0.717) is 0 Å². The first kappa shape index (κ1) is 49.6. The van der Waals surface area contributed by atoms with Gasteiger partial charge in [0.15, 0.2) is 0 Å². The molecule has 0 aliphatic rings. The highest BCUT2D eigenvalue weighted by atomic mass is 13.9. The number of hydrogen-bond acceptors (Lipinski definition) is 0. The predicted molar refractivity (Wildman–Crippen MR) is 118 cm³/mol. The summed E-state index contributed by atoms with van der Waals surface area (Å²) in [7, 11) is 0. The lowest BCUT2D eigenvalue weighted by atomic mass is 10.1. The number of hydrogen-bond donors (Lipinski definition) is 0. The van der Waals surface area contributed by atoms with Gasteiger partial charge in [0.05, 0.1) is 0 Å². The molecule has 0 amide bonds.